The van der Waals surface area contributed by atoms with Crippen LogP contribution in [0.3, 0.4) is 0 Å². The van der Waals surface area contributed by atoms with Gasteiger partial charge in [-0.1, -0.05) is 0 Å². The van der Waals surface area contributed by atoms with Crippen molar-refractivity contribution in [3.63, 3.8) is 0 Å². The first kappa shape index (κ1) is 19.7. The highest BCUT2D eigenvalue weighted by molar-refractivity contribution is 6.05. The Hall–Kier alpha value is -3.02. The second kappa shape index (κ2) is 9.26. The molecule has 0 unspecified atom stereocenters. The minimum atomic E-state index is -0.244. The average Bonchev–Trinajstić information content (AvgIpc) is 2.71. The molecule has 0 bridgehead atoms. The van der Waals surface area contributed by atoms with Crippen LogP contribution in [0.1, 0.15) is 43.5 Å². The van der Waals surface area contributed by atoms with Crippen LogP contribution in [-0.4, -0.2) is 31.6 Å². The molecular formula is C22H26N2O4. The van der Waals surface area contributed by atoms with Crippen LogP contribution in [0.5, 0.6) is 11.5 Å². The molecule has 6 nitrogen and oxygen atoms in total. The third-order valence-corrected chi connectivity index (χ3v) is 4.57. The summed E-state index contributed by atoms with van der Waals surface area (Å²) < 4.78 is 11.1. The molecule has 1 N–H and O–H groups in total. The lowest BCUT2D eigenvalue weighted by atomic mass is 10.1. The molecule has 0 atom stereocenters. The fraction of sp³-hybridized carbons (Fsp3) is 0.364. The number of rotatable bonds is 7. The van der Waals surface area contributed by atoms with E-state index in [4.69, 9.17) is 9.47 Å². The van der Waals surface area contributed by atoms with Crippen LogP contribution in [0.15, 0.2) is 42.5 Å². The van der Waals surface area contributed by atoms with E-state index in [0.29, 0.717) is 42.4 Å². The molecule has 3 rings (SSSR count). The number of amides is 2. The smallest absolute Gasteiger partial charge is 0.255 e. The number of hydrogen-bond donors (Lipinski definition) is 1. The van der Waals surface area contributed by atoms with Crippen molar-refractivity contribution in [1.29, 1.82) is 0 Å². The van der Waals surface area contributed by atoms with Crippen LogP contribution in [-0.2, 0) is 4.79 Å². The number of anilines is 2. The summed E-state index contributed by atoms with van der Waals surface area (Å²) in [5.74, 6) is 1.15. The van der Waals surface area contributed by atoms with Gasteiger partial charge < -0.3 is 19.7 Å². The number of benzene rings is 2. The highest BCUT2D eigenvalue weighted by Gasteiger charge is 2.20. The van der Waals surface area contributed by atoms with E-state index in [1.165, 1.54) is 0 Å². The predicted molar refractivity (Wildman–Crippen MR) is 109 cm³/mol. The van der Waals surface area contributed by atoms with Gasteiger partial charge in [0.25, 0.3) is 5.91 Å². The minimum Gasteiger partial charge on any atom is -0.494 e. The summed E-state index contributed by atoms with van der Waals surface area (Å²) in [4.78, 5) is 26.5. The Morgan fingerprint density at radius 3 is 2.46 bits per heavy atom. The fourth-order valence-electron chi connectivity index (χ4n) is 3.21. The first-order valence-corrected chi connectivity index (χ1v) is 9.73. The zero-order valence-corrected chi connectivity index (χ0v) is 16.4. The molecule has 6 heteroatoms. The van der Waals surface area contributed by atoms with Crippen molar-refractivity contribution in [2.75, 3.05) is 30.0 Å². The average molecular weight is 382 g/mol. The van der Waals surface area contributed by atoms with Crippen LogP contribution in [0.25, 0.3) is 0 Å². The van der Waals surface area contributed by atoms with Crippen molar-refractivity contribution < 1.29 is 19.1 Å². The molecule has 0 spiro atoms. The minimum absolute atomic E-state index is 0.137. The van der Waals surface area contributed by atoms with Crippen molar-refractivity contribution in [2.24, 2.45) is 0 Å². The van der Waals surface area contributed by atoms with E-state index < -0.39 is 0 Å². The lowest BCUT2D eigenvalue weighted by molar-refractivity contribution is -0.119. The van der Waals surface area contributed by atoms with Crippen molar-refractivity contribution in [2.45, 2.75) is 33.1 Å². The Labute approximate surface area is 165 Å². The van der Waals surface area contributed by atoms with Gasteiger partial charge in [0.05, 0.1) is 18.9 Å². The molecule has 1 aliphatic rings. The van der Waals surface area contributed by atoms with Gasteiger partial charge in [0, 0.05) is 30.3 Å². The van der Waals surface area contributed by atoms with Gasteiger partial charge in [0.15, 0.2) is 0 Å². The third kappa shape index (κ3) is 4.63. The van der Waals surface area contributed by atoms with Crippen LogP contribution < -0.4 is 19.7 Å². The van der Waals surface area contributed by atoms with E-state index in [9.17, 15) is 9.59 Å². The van der Waals surface area contributed by atoms with Crippen molar-refractivity contribution in [3.8, 4) is 11.5 Å². The van der Waals surface area contributed by atoms with Crippen LogP contribution >= 0.6 is 0 Å². The first-order chi connectivity index (χ1) is 13.6. The first-order valence-electron chi connectivity index (χ1n) is 9.73. The number of hydrogen-bond acceptors (Lipinski definition) is 4. The van der Waals surface area contributed by atoms with E-state index in [-0.39, 0.29) is 11.8 Å². The quantitative estimate of drug-likeness (QED) is 0.777. The van der Waals surface area contributed by atoms with E-state index >= 15 is 0 Å². The molecule has 28 heavy (non-hydrogen) atoms. The summed E-state index contributed by atoms with van der Waals surface area (Å²) in [5, 5.41) is 2.89. The van der Waals surface area contributed by atoms with E-state index in [2.05, 4.69) is 5.32 Å². The monoisotopic (exact) mass is 382 g/mol. The van der Waals surface area contributed by atoms with Gasteiger partial charge in [-0.25, -0.2) is 0 Å². The van der Waals surface area contributed by atoms with Gasteiger partial charge in [-0.05, 0) is 63.1 Å². The summed E-state index contributed by atoms with van der Waals surface area (Å²) in [6.45, 7) is 5.56. The second-order valence-electron chi connectivity index (χ2n) is 6.53. The molecule has 1 aliphatic heterocycles. The summed E-state index contributed by atoms with van der Waals surface area (Å²) >= 11 is 0. The maximum atomic E-state index is 12.7. The molecule has 1 heterocycles. The van der Waals surface area contributed by atoms with E-state index in [0.717, 1.165) is 25.1 Å². The van der Waals surface area contributed by atoms with Gasteiger partial charge >= 0.3 is 0 Å². The molecule has 1 fully saturated rings. The number of nitrogens with zero attached hydrogens (tertiary/aromatic N) is 1. The van der Waals surface area contributed by atoms with Crippen LogP contribution in [0, 0.1) is 0 Å². The summed E-state index contributed by atoms with van der Waals surface area (Å²) in [5.41, 5.74) is 1.90. The lowest BCUT2D eigenvalue weighted by Crippen LogP contribution is -2.35. The Bertz CT molecular complexity index is 833. The Kier molecular flexibility index (Phi) is 6.53. The lowest BCUT2D eigenvalue weighted by Gasteiger charge is -2.26. The molecule has 1 saturated heterocycles. The fourth-order valence-corrected chi connectivity index (χ4v) is 3.21. The summed E-state index contributed by atoms with van der Waals surface area (Å²) in [6.07, 6.45) is 2.53. The highest BCUT2D eigenvalue weighted by atomic mass is 16.5. The van der Waals surface area contributed by atoms with Gasteiger partial charge in [0.2, 0.25) is 5.91 Å². The molecule has 2 aromatic rings. The van der Waals surface area contributed by atoms with Crippen LogP contribution in [0.4, 0.5) is 11.4 Å². The zero-order valence-electron chi connectivity index (χ0n) is 16.4. The number of carbonyl (C=O) groups is 2. The number of carbonyl (C=O) groups excluding carboxylic acids is 2. The second-order valence-corrected chi connectivity index (χ2v) is 6.53. The Morgan fingerprint density at radius 1 is 1.04 bits per heavy atom. The van der Waals surface area contributed by atoms with Gasteiger partial charge in [0.1, 0.15) is 11.5 Å². The van der Waals surface area contributed by atoms with Gasteiger partial charge in [-0.2, -0.15) is 0 Å². The van der Waals surface area contributed by atoms with Crippen molar-refractivity contribution in [1.82, 2.24) is 0 Å². The predicted octanol–water partition coefficient (Wildman–Crippen LogP) is 4.25. The number of ether oxygens (including phenoxy) is 2. The van der Waals surface area contributed by atoms with Crippen molar-refractivity contribution in [3.05, 3.63) is 48.0 Å². The van der Waals surface area contributed by atoms with E-state index in [1.807, 2.05) is 32.0 Å². The molecular weight excluding hydrogens is 356 g/mol. The topological polar surface area (TPSA) is 67.9 Å². The van der Waals surface area contributed by atoms with Gasteiger partial charge in [-0.3, -0.25) is 9.59 Å². The maximum absolute atomic E-state index is 12.7. The molecule has 2 amide bonds. The molecule has 2 aromatic carbocycles. The summed E-state index contributed by atoms with van der Waals surface area (Å²) in [7, 11) is 0. The molecule has 0 aliphatic carbocycles. The number of nitrogens with one attached hydrogen (secondary N) is 1. The largest absolute Gasteiger partial charge is 0.494 e. The SMILES string of the molecule is CCOc1ccc(OCC)c(NC(=O)c2ccc(N3CCCCC3=O)cc2)c1. The summed E-state index contributed by atoms with van der Waals surface area (Å²) in [6, 6.07) is 12.5. The van der Waals surface area contributed by atoms with Crippen molar-refractivity contribution >= 4 is 23.2 Å². The third-order valence-electron chi connectivity index (χ3n) is 4.57. The van der Waals surface area contributed by atoms with Crippen LogP contribution in [0.2, 0.25) is 0 Å². The normalized spacial score (nSPS) is 13.9. The standard InChI is InChI=1S/C22H26N2O4/c1-3-27-18-12-13-20(28-4-2)19(15-18)23-22(26)16-8-10-17(11-9-16)24-14-6-5-7-21(24)25/h8-13,15H,3-7,14H2,1-2H3,(H,23,26). The molecule has 0 aromatic heterocycles. The Morgan fingerprint density at radius 2 is 1.79 bits per heavy atom. The molecule has 148 valence electrons. The molecule has 0 saturated carbocycles. The number of piperidine rings is 1. The highest BCUT2D eigenvalue weighted by Crippen LogP contribution is 2.30. The maximum Gasteiger partial charge on any atom is 0.255 e. The molecule has 0 radical (unpaired) electrons. The Balaban J connectivity index is 1.75. The zero-order chi connectivity index (χ0) is 19.9. The van der Waals surface area contributed by atoms with E-state index in [1.54, 1.807) is 29.2 Å². The van der Waals surface area contributed by atoms with Gasteiger partial charge in [-0.15, -0.1) is 0 Å².